The van der Waals surface area contributed by atoms with Crippen molar-refractivity contribution in [2.24, 2.45) is 23.2 Å². The fraction of sp³-hybridized carbons (Fsp3) is 1.00. The van der Waals surface area contributed by atoms with E-state index in [0.717, 1.165) is 17.8 Å². The zero-order valence-electron chi connectivity index (χ0n) is 16.0. The van der Waals surface area contributed by atoms with Crippen molar-refractivity contribution in [3.8, 4) is 0 Å². The molecule has 0 heteroatoms. The Balaban J connectivity index is 1.82. The first kappa shape index (κ1) is 17.8. The number of rotatable bonds is 3. The summed E-state index contributed by atoms with van der Waals surface area (Å²) in [4.78, 5) is 0. The van der Waals surface area contributed by atoms with Crippen molar-refractivity contribution < 1.29 is 0 Å². The van der Waals surface area contributed by atoms with Crippen LogP contribution in [0.25, 0.3) is 0 Å². The molecule has 23 heavy (non-hydrogen) atoms. The van der Waals surface area contributed by atoms with Crippen molar-refractivity contribution in [2.75, 3.05) is 0 Å². The molecule has 0 spiro atoms. The van der Waals surface area contributed by atoms with Crippen LogP contribution in [0.4, 0.5) is 0 Å². The van der Waals surface area contributed by atoms with Gasteiger partial charge in [0.2, 0.25) is 0 Å². The zero-order chi connectivity index (χ0) is 16.0. The molecule has 0 atom stereocenters. The van der Waals surface area contributed by atoms with E-state index >= 15 is 0 Å². The molecule has 3 saturated carbocycles. The van der Waals surface area contributed by atoms with E-state index in [2.05, 4.69) is 6.92 Å². The van der Waals surface area contributed by atoms with Gasteiger partial charge in [-0.1, -0.05) is 84.0 Å². The molecule has 3 aliphatic carbocycles. The Bertz CT molecular complexity index is 257. The minimum atomic E-state index is 0.680. The molecule has 3 rings (SSSR count). The van der Waals surface area contributed by atoms with Gasteiger partial charge in [-0.3, -0.25) is 0 Å². The minimum absolute atomic E-state index is 0.680. The van der Waals surface area contributed by atoms with Crippen LogP contribution in [-0.4, -0.2) is 0 Å². The largest absolute Gasteiger partial charge is 0.0588 e. The summed E-state index contributed by atoms with van der Waals surface area (Å²) in [5.74, 6) is 3.16. The van der Waals surface area contributed by atoms with Gasteiger partial charge in [0, 0.05) is 0 Å². The van der Waals surface area contributed by atoms with Crippen LogP contribution in [0.1, 0.15) is 122 Å². The molecule has 0 aromatic rings. The maximum atomic E-state index is 2.80. The Kier molecular flexibility index (Phi) is 6.90. The molecule has 3 fully saturated rings. The molecule has 0 aliphatic heterocycles. The first-order chi connectivity index (χ1) is 11.3. The van der Waals surface area contributed by atoms with Gasteiger partial charge in [-0.2, -0.15) is 0 Å². The highest BCUT2D eigenvalue weighted by molar-refractivity contribution is 4.95. The predicted octanol–water partition coefficient (Wildman–Crippen LogP) is 7.90. The topological polar surface area (TPSA) is 0 Å². The van der Waals surface area contributed by atoms with E-state index in [4.69, 9.17) is 0 Å². The van der Waals surface area contributed by atoms with Gasteiger partial charge < -0.3 is 0 Å². The Morgan fingerprint density at radius 3 is 0.826 bits per heavy atom. The van der Waals surface area contributed by atoms with Crippen LogP contribution in [0.2, 0.25) is 0 Å². The average molecular weight is 319 g/mol. The lowest BCUT2D eigenvalue weighted by Gasteiger charge is -2.50. The van der Waals surface area contributed by atoms with Crippen LogP contribution in [0, 0.1) is 23.2 Å². The third-order valence-electron chi connectivity index (χ3n) is 8.20. The second-order valence-corrected chi connectivity index (χ2v) is 9.43. The Morgan fingerprint density at radius 1 is 0.391 bits per heavy atom. The van der Waals surface area contributed by atoms with E-state index in [1.54, 1.807) is 38.5 Å². The molecule has 0 unspecified atom stereocenters. The quantitative estimate of drug-likeness (QED) is 0.464. The van der Waals surface area contributed by atoms with Crippen molar-refractivity contribution in [3.63, 3.8) is 0 Å². The van der Waals surface area contributed by atoms with E-state index in [0.29, 0.717) is 5.41 Å². The summed E-state index contributed by atoms with van der Waals surface area (Å²) in [6.07, 6.45) is 27.6. The molecule has 3 aliphatic rings. The summed E-state index contributed by atoms with van der Waals surface area (Å²) in [5, 5.41) is 0. The third kappa shape index (κ3) is 4.35. The first-order valence-electron chi connectivity index (χ1n) is 11.3. The fourth-order valence-electron chi connectivity index (χ4n) is 6.70. The van der Waals surface area contributed by atoms with E-state index in [-0.39, 0.29) is 0 Å². The van der Waals surface area contributed by atoms with E-state index < -0.39 is 0 Å². The Hall–Kier alpha value is 0. The molecule has 0 radical (unpaired) electrons. The van der Waals surface area contributed by atoms with Crippen LogP contribution in [0.3, 0.4) is 0 Å². The molecule has 134 valence electrons. The summed E-state index contributed by atoms with van der Waals surface area (Å²) in [6, 6.07) is 0. The SMILES string of the molecule is CC(C1CCCCCC1)(C1CCCCCC1)C1CCCCCC1. The van der Waals surface area contributed by atoms with Gasteiger partial charge in [-0.25, -0.2) is 0 Å². The van der Waals surface area contributed by atoms with Gasteiger partial charge >= 0.3 is 0 Å². The van der Waals surface area contributed by atoms with Crippen molar-refractivity contribution in [1.29, 1.82) is 0 Å². The predicted molar refractivity (Wildman–Crippen MR) is 102 cm³/mol. The standard InChI is InChI=1S/C23H42/c1-23(20-14-8-2-3-9-15-20,21-16-10-4-5-11-17-21)22-18-12-6-7-13-19-22/h20-22H,2-19H2,1H3. The molecule has 0 heterocycles. The second kappa shape index (κ2) is 8.91. The van der Waals surface area contributed by atoms with Crippen LogP contribution in [0.5, 0.6) is 0 Å². The highest BCUT2D eigenvalue weighted by Crippen LogP contribution is 2.55. The Labute approximate surface area is 146 Å². The molecule has 0 aromatic carbocycles. The van der Waals surface area contributed by atoms with Crippen molar-refractivity contribution >= 4 is 0 Å². The molecule has 0 bridgehead atoms. The lowest BCUT2D eigenvalue weighted by Crippen LogP contribution is -2.42. The van der Waals surface area contributed by atoms with Gasteiger partial charge in [-0.05, 0) is 61.7 Å². The summed E-state index contributed by atoms with van der Waals surface area (Å²) >= 11 is 0. The molecular weight excluding hydrogens is 276 g/mol. The van der Waals surface area contributed by atoms with E-state index in [1.165, 1.54) is 77.0 Å². The minimum Gasteiger partial charge on any atom is -0.0588 e. The normalized spacial score (nSPS) is 28.0. The number of hydrogen-bond donors (Lipinski definition) is 0. The van der Waals surface area contributed by atoms with Crippen LogP contribution < -0.4 is 0 Å². The van der Waals surface area contributed by atoms with E-state index in [9.17, 15) is 0 Å². The highest BCUT2D eigenvalue weighted by atomic mass is 14.5. The molecule has 0 saturated heterocycles. The van der Waals surface area contributed by atoms with Gasteiger partial charge in [-0.15, -0.1) is 0 Å². The molecule has 0 amide bonds. The molecule has 0 aromatic heterocycles. The second-order valence-electron chi connectivity index (χ2n) is 9.43. The zero-order valence-corrected chi connectivity index (χ0v) is 16.0. The van der Waals surface area contributed by atoms with Crippen molar-refractivity contribution in [2.45, 2.75) is 122 Å². The maximum absolute atomic E-state index is 2.80. The maximum Gasteiger partial charge on any atom is -0.0241 e. The lowest BCUT2D eigenvalue weighted by atomic mass is 9.55. The van der Waals surface area contributed by atoms with Crippen molar-refractivity contribution in [3.05, 3.63) is 0 Å². The van der Waals surface area contributed by atoms with Crippen molar-refractivity contribution in [1.82, 2.24) is 0 Å². The summed E-state index contributed by atoms with van der Waals surface area (Å²) in [7, 11) is 0. The third-order valence-corrected chi connectivity index (χ3v) is 8.20. The van der Waals surface area contributed by atoms with Gasteiger partial charge in [0.15, 0.2) is 0 Å². The molecule has 0 nitrogen and oxygen atoms in total. The van der Waals surface area contributed by atoms with Crippen LogP contribution in [0.15, 0.2) is 0 Å². The summed E-state index contributed by atoms with van der Waals surface area (Å²) in [5.41, 5.74) is 0.680. The molecular formula is C23H42. The van der Waals surface area contributed by atoms with Crippen LogP contribution >= 0.6 is 0 Å². The lowest BCUT2D eigenvalue weighted by molar-refractivity contribution is -0.00555. The summed E-state index contributed by atoms with van der Waals surface area (Å²) < 4.78 is 0. The first-order valence-corrected chi connectivity index (χ1v) is 11.3. The highest BCUT2D eigenvalue weighted by Gasteiger charge is 2.46. The van der Waals surface area contributed by atoms with E-state index in [1.807, 2.05) is 0 Å². The van der Waals surface area contributed by atoms with Gasteiger partial charge in [0.05, 0.1) is 0 Å². The summed E-state index contributed by atoms with van der Waals surface area (Å²) in [6.45, 7) is 2.80. The Morgan fingerprint density at radius 2 is 0.609 bits per heavy atom. The van der Waals surface area contributed by atoms with Gasteiger partial charge in [0.25, 0.3) is 0 Å². The average Bonchev–Trinajstić information content (AvgIpc) is 3.10. The van der Waals surface area contributed by atoms with Crippen LogP contribution in [-0.2, 0) is 0 Å². The van der Waals surface area contributed by atoms with Gasteiger partial charge in [0.1, 0.15) is 0 Å². The fourth-order valence-corrected chi connectivity index (χ4v) is 6.70. The molecule has 0 N–H and O–H groups in total. The monoisotopic (exact) mass is 318 g/mol. The smallest absolute Gasteiger partial charge is 0.0241 e. The number of hydrogen-bond acceptors (Lipinski definition) is 0.